The maximum atomic E-state index is 12.4. The van der Waals surface area contributed by atoms with E-state index in [1.807, 2.05) is 5.38 Å². The minimum absolute atomic E-state index is 0.183. The van der Waals surface area contributed by atoms with Gasteiger partial charge in [-0.2, -0.15) is 13.2 Å². The quantitative estimate of drug-likeness (QED) is 0.898. The fraction of sp³-hybridized carbons (Fsp3) is 0.583. The fourth-order valence-electron chi connectivity index (χ4n) is 2.17. The smallest absolute Gasteiger partial charge is 0.360 e. The zero-order valence-electron chi connectivity index (χ0n) is 11.6. The standard InChI is InChI=1S/C12H14F3N5S2/c13-12(14,15)9-18-19-10(22-9)16-4-3-8-7-21-11(17-8)20-5-1-2-6-20/h7H,1-6H2,(H,16,19). The van der Waals surface area contributed by atoms with Crippen molar-refractivity contribution in [1.82, 2.24) is 15.2 Å². The lowest BCUT2D eigenvalue weighted by molar-refractivity contribution is -0.138. The monoisotopic (exact) mass is 349 g/mol. The van der Waals surface area contributed by atoms with Crippen LogP contribution in [0.1, 0.15) is 23.5 Å². The number of aromatic nitrogens is 3. The first-order chi connectivity index (χ1) is 10.5. The molecule has 0 amide bonds. The lowest BCUT2D eigenvalue weighted by Gasteiger charge is -2.12. The number of nitrogens with zero attached hydrogens (tertiary/aromatic N) is 4. The molecule has 1 aliphatic heterocycles. The third-order valence-electron chi connectivity index (χ3n) is 3.24. The summed E-state index contributed by atoms with van der Waals surface area (Å²) >= 11 is 2.13. The van der Waals surface area contributed by atoms with E-state index < -0.39 is 11.2 Å². The van der Waals surface area contributed by atoms with Crippen molar-refractivity contribution in [2.45, 2.75) is 25.4 Å². The molecule has 0 saturated carbocycles. The molecule has 0 unspecified atom stereocenters. The van der Waals surface area contributed by atoms with Crippen LogP contribution in [0.15, 0.2) is 5.38 Å². The van der Waals surface area contributed by atoms with Gasteiger partial charge < -0.3 is 10.2 Å². The van der Waals surface area contributed by atoms with Gasteiger partial charge in [0.15, 0.2) is 5.13 Å². The summed E-state index contributed by atoms with van der Waals surface area (Å²) in [7, 11) is 0. The molecule has 5 nitrogen and oxygen atoms in total. The molecule has 0 atom stereocenters. The van der Waals surface area contributed by atoms with Gasteiger partial charge in [-0.3, -0.25) is 0 Å². The van der Waals surface area contributed by atoms with E-state index in [2.05, 4.69) is 25.4 Å². The Labute approximate surface area is 133 Å². The maximum absolute atomic E-state index is 12.4. The van der Waals surface area contributed by atoms with Gasteiger partial charge in [0.1, 0.15) is 0 Å². The van der Waals surface area contributed by atoms with E-state index in [4.69, 9.17) is 0 Å². The molecule has 1 aliphatic rings. The topological polar surface area (TPSA) is 53.9 Å². The SMILES string of the molecule is FC(F)(F)c1nnc(NCCc2csc(N3CCCC3)n2)s1. The van der Waals surface area contributed by atoms with E-state index in [-0.39, 0.29) is 5.13 Å². The van der Waals surface area contributed by atoms with E-state index in [1.54, 1.807) is 11.3 Å². The second-order valence-corrected chi connectivity index (χ2v) is 6.72. The van der Waals surface area contributed by atoms with Crippen molar-refractivity contribution in [3.05, 3.63) is 16.1 Å². The first-order valence-corrected chi connectivity index (χ1v) is 8.56. The highest BCUT2D eigenvalue weighted by molar-refractivity contribution is 7.15. The molecule has 22 heavy (non-hydrogen) atoms. The van der Waals surface area contributed by atoms with Gasteiger partial charge in [0.2, 0.25) is 10.1 Å². The summed E-state index contributed by atoms with van der Waals surface area (Å²) in [4.78, 5) is 6.83. The molecule has 0 spiro atoms. The first kappa shape index (κ1) is 15.5. The zero-order chi connectivity index (χ0) is 15.6. The molecular formula is C12H14F3N5S2. The highest BCUT2D eigenvalue weighted by atomic mass is 32.1. The van der Waals surface area contributed by atoms with Crippen LogP contribution in [0.2, 0.25) is 0 Å². The van der Waals surface area contributed by atoms with Gasteiger partial charge in [0.05, 0.1) is 5.69 Å². The Morgan fingerprint density at radius 3 is 2.68 bits per heavy atom. The Morgan fingerprint density at radius 1 is 1.23 bits per heavy atom. The van der Waals surface area contributed by atoms with Gasteiger partial charge in [-0.15, -0.1) is 21.5 Å². The van der Waals surface area contributed by atoms with Gasteiger partial charge in [-0.05, 0) is 12.8 Å². The molecule has 3 heterocycles. The average Bonchev–Trinajstić information content (AvgIpc) is 3.19. The lowest BCUT2D eigenvalue weighted by atomic mass is 10.3. The van der Waals surface area contributed by atoms with Crippen molar-refractivity contribution in [3.63, 3.8) is 0 Å². The second-order valence-electron chi connectivity index (χ2n) is 4.90. The Kier molecular flexibility index (Phi) is 4.48. The summed E-state index contributed by atoms with van der Waals surface area (Å²) in [5.41, 5.74) is 0.944. The minimum atomic E-state index is -4.43. The van der Waals surface area contributed by atoms with Crippen molar-refractivity contribution >= 4 is 32.9 Å². The molecule has 10 heteroatoms. The van der Waals surface area contributed by atoms with Crippen molar-refractivity contribution in [3.8, 4) is 0 Å². The molecular weight excluding hydrogens is 335 g/mol. The maximum Gasteiger partial charge on any atom is 0.445 e. The van der Waals surface area contributed by atoms with Gasteiger partial charge in [-0.25, -0.2) is 4.98 Å². The van der Waals surface area contributed by atoms with E-state index in [0.29, 0.717) is 24.3 Å². The molecule has 2 aromatic heterocycles. The first-order valence-electron chi connectivity index (χ1n) is 6.86. The van der Waals surface area contributed by atoms with Crippen LogP contribution in [0, 0.1) is 0 Å². The fourth-order valence-corrected chi connectivity index (χ4v) is 3.72. The number of nitrogens with one attached hydrogen (secondary N) is 1. The Hall–Kier alpha value is -1.42. The zero-order valence-corrected chi connectivity index (χ0v) is 13.2. The summed E-state index contributed by atoms with van der Waals surface area (Å²) in [6, 6.07) is 0. The van der Waals surface area contributed by atoms with Crippen LogP contribution in [0.4, 0.5) is 23.4 Å². The molecule has 1 N–H and O–H groups in total. The molecule has 0 bridgehead atoms. The Balaban J connectivity index is 1.49. The van der Waals surface area contributed by atoms with Gasteiger partial charge in [0.25, 0.3) is 0 Å². The van der Waals surface area contributed by atoms with Crippen LogP contribution < -0.4 is 10.2 Å². The number of anilines is 2. The summed E-state index contributed by atoms with van der Waals surface area (Å²) in [5, 5.41) is 11.8. The molecule has 1 fully saturated rings. The largest absolute Gasteiger partial charge is 0.445 e. The predicted octanol–water partition coefficient (Wildman–Crippen LogP) is 3.27. The molecule has 3 rings (SSSR count). The van der Waals surface area contributed by atoms with E-state index >= 15 is 0 Å². The summed E-state index contributed by atoms with van der Waals surface area (Å²) in [5.74, 6) is 0. The number of hydrogen-bond donors (Lipinski definition) is 1. The average molecular weight is 349 g/mol. The van der Waals surface area contributed by atoms with Crippen LogP contribution in [-0.2, 0) is 12.6 Å². The van der Waals surface area contributed by atoms with Crippen LogP contribution in [0.3, 0.4) is 0 Å². The molecule has 0 radical (unpaired) electrons. The van der Waals surface area contributed by atoms with Crippen LogP contribution in [0.5, 0.6) is 0 Å². The third kappa shape index (κ3) is 3.67. The number of hydrogen-bond acceptors (Lipinski definition) is 7. The molecule has 1 saturated heterocycles. The van der Waals surface area contributed by atoms with Crippen LogP contribution in [-0.4, -0.2) is 34.8 Å². The van der Waals surface area contributed by atoms with Crippen molar-refractivity contribution in [2.24, 2.45) is 0 Å². The van der Waals surface area contributed by atoms with E-state index in [9.17, 15) is 13.2 Å². The lowest BCUT2D eigenvalue weighted by Crippen LogP contribution is -2.17. The Morgan fingerprint density at radius 2 is 2.00 bits per heavy atom. The summed E-state index contributed by atoms with van der Waals surface area (Å²) in [6.45, 7) is 2.59. The van der Waals surface area contributed by atoms with Gasteiger partial charge in [-0.1, -0.05) is 11.3 Å². The number of alkyl halides is 3. The van der Waals surface area contributed by atoms with E-state index in [0.717, 1.165) is 23.9 Å². The van der Waals surface area contributed by atoms with Crippen molar-refractivity contribution < 1.29 is 13.2 Å². The van der Waals surface area contributed by atoms with Crippen molar-refractivity contribution in [1.29, 1.82) is 0 Å². The third-order valence-corrected chi connectivity index (χ3v) is 5.12. The highest BCUT2D eigenvalue weighted by Crippen LogP contribution is 2.33. The normalized spacial score (nSPS) is 15.5. The molecule has 0 aliphatic carbocycles. The van der Waals surface area contributed by atoms with Crippen LogP contribution >= 0.6 is 22.7 Å². The van der Waals surface area contributed by atoms with Crippen LogP contribution in [0.25, 0.3) is 0 Å². The number of halogens is 3. The second kappa shape index (κ2) is 6.37. The molecule has 0 aromatic carbocycles. The van der Waals surface area contributed by atoms with Gasteiger partial charge in [0, 0.05) is 31.4 Å². The van der Waals surface area contributed by atoms with Crippen molar-refractivity contribution in [2.75, 3.05) is 29.9 Å². The highest BCUT2D eigenvalue weighted by Gasteiger charge is 2.35. The summed E-state index contributed by atoms with van der Waals surface area (Å²) in [6.07, 6.45) is -1.38. The number of rotatable bonds is 5. The Bertz CT molecular complexity index is 618. The molecule has 120 valence electrons. The summed E-state index contributed by atoms with van der Waals surface area (Å²) < 4.78 is 37.2. The number of thiazole rings is 1. The minimum Gasteiger partial charge on any atom is -0.360 e. The van der Waals surface area contributed by atoms with Gasteiger partial charge >= 0.3 is 6.18 Å². The predicted molar refractivity (Wildman–Crippen MR) is 80.7 cm³/mol. The molecule has 2 aromatic rings. The van der Waals surface area contributed by atoms with E-state index in [1.165, 1.54) is 12.8 Å².